The van der Waals surface area contributed by atoms with Crippen molar-refractivity contribution in [2.24, 2.45) is 22.5 Å². The number of nitrogens with zero attached hydrogens (tertiary/aromatic N) is 1. The molecule has 0 unspecified atom stereocenters. The molecule has 184 valence electrons. The maximum absolute atomic E-state index is 5.51. The molecule has 0 heterocycles. The molecule has 0 saturated carbocycles. The summed E-state index contributed by atoms with van der Waals surface area (Å²) in [6.45, 7) is 19.8. The van der Waals surface area contributed by atoms with Crippen LogP contribution in [-0.2, 0) is 21.7 Å². The van der Waals surface area contributed by atoms with E-state index in [1.165, 1.54) is 62.7 Å². The van der Waals surface area contributed by atoms with Crippen LogP contribution in [0.1, 0.15) is 99.8 Å². The van der Waals surface area contributed by atoms with Crippen molar-refractivity contribution in [3.05, 3.63) is 48.7 Å². The van der Waals surface area contributed by atoms with E-state index >= 15 is 0 Å². The average molecular weight is 496 g/mol. The molecule has 1 nitrogen and oxygen atoms in total. The summed E-state index contributed by atoms with van der Waals surface area (Å²) in [6, 6.07) is 0. The number of allylic oxidation sites excluding steroid dienone is 6. The maximum atomic E-state index is 5.51. The minimum absolute atomic E-state index is 0. The maximum Gasteiger partial charge on any atom is 0.0425 e. The van der Waals surface area contributed by atoms with Crippen LogP contribution in [0.4, 0.5) is 0 Å². The molecule has 1 aliphatic rings. The van der Waals surface area contributed by atoms with Crippen LogP contribution in [0.15, 0.2) is 53.5 Å². The fourth-order valence-electron chi connectivity index (χ4n) is 3.88. The van der Waals surface area contributed by atoms with Crippen LogP contribution in [0.2, 0.25) is 0 Å². The van der Waals surface area contributed by atoms with Crippen LogP contribution in [0.3, 0.4) is 0 Å². The minimum Gasteiger partial charge on any atom is -0.272 e. The van der Waals surface area contributed by atoms with E-state index in [2.05, 4.69) is 79.3 Å². The molecule has 0 aromatic rings. The van der Waals surface area contributed by atoms with Crippen molar-refractivity contribution in [3.63, 3.8) is 0 Å². The van der Waals surface area contributed by atoms with E-state index < -0.39 is 7.05 Å². The summed E-state index contributed by atoms with van der Waals surface area (Å²) in [5, 5.41) is 0. The number of hydrogen-bond acceptors (Lipinski definition) is 1. The van der Waals surface area contributed by atoms with Gasteiger partial charge >= 0.3 is 0 Å². The summed E-state index contributed by atoms with van der Waals surface area (Å²) in [5.41, 5.74) is 1.37. The van der Waals surface area contributed by atoms with Crippen LogP contribution in [0, 0.1) is 17.8 Å². The third-order valence-electron chi connectivity index (χ3n) is 5.67. The molecule has 0 bridgehead atoms. The molecule has 0 aromatic heterocycles. The Labute approximate surface area is 217 Å². The van der Waals surface area contributed by atoms with Gasteiger partial charge in [0.1, 0.15) is 0 Å². The molecule has 1 rings (SSSR count). The molecular weight excluding hydrogens is 441 g/mol. The van der Waals surface area contributed by atoms with Crippen LogP contribution in [0.25, 0.3) is 0 Å². The van der Waals surface area contributed by atoms with E-state index in [0.717, 1.165) is 30.6 Å². The molecule has 0 aromatic carbocycles. The zero-order chi connectivity index (χ0) is 23.5. The van der Waals surface area contributed by atoms with Crippen molar-refractivity contribution in [3.8, 4) is 0 Å². The second kappa shape index (κ2) is 21.4. The van der Waals surface area contributed by atoms with Crippen LogP contribution >= 0.6 is 7.05 Å². The first-order valence-electron chi connectivity index (χ1n) is 13.0. The normalized spacial score (nSPS) is 13.4. The summed E-state index contributed by atoms with van der Waals surface area (Å²) in [4.78, 5) is 0. The van der Waals surface area contributed by atoms with Gasteiger partial charge in [0.05, 0.1) is 0 Å². The largest absolute Gasteiger partial charge is 0.272 e. The third-order valence-corrected chi connectivity index (χ3v) is 9.79. The van der Waals surface area contributed by atoms with Crippen molar-refractivity contribution in [2.45, 2.75) is 99.8 Å². The Morgan fingerprint density at radius 1 is 0.906 bits per heavy atom. The van der Waals surface area contributed by atoms with Crippen LogP contribution in [-0.4, -0.2) is 18.5 Å². The van der Waals surface area contributed by atoms with E-state index in [4.69, 9.17) is 4.74 Å². The zero-order valence-corrected chi connectivity index (χ0v) is 25.0. The molecule has 0 spiro atoms. The molecule has 0 aliphatic heterocycles. The monoisotopic (exact) mass is 495 g/mol. The molecule has 3 heteroatoms. The average Bonchev–Trinajstić information content (AvgIpc) is 3.18. The second-order valence-corrected chi connectivity index (χ2v) is 14.1. The Kier molecular flexibility index (Phi) is 22.8. The Morgan fingerprint density at radius 3 is 1.66 bits per heavy atom. The molecule has 0 saturated heterocycles. The first kappa shape index (κ1) is 34.1. The van der Waals surface area contributed by atoms with E-state index in [1.807, 2.05) is 6.08 Å². The van der Waals surface area contributed by atoms with E-state index in [1.54, 1.807) is 6.08 Å². The van der Waals surface area contributed by atoms with Crippen LogP contribution in [0.5, 0.6) is 0 Å². The summed E-state index contributed by atoms with van der Waals surface area (Å²) >= 11 is 0. The molecule has 0 atom stereocenters. The van der Waals surface area contributed by atoms with E-state index in [-0.39, 0.29) is 21.7 Å². The van der Waals surface area contributed by atoms with Crippen molar-refractivity contribution in [1.29, 1.82) is 0 Å². The van der Waals surface area contributed by atoms with Gasteiger partial charge in [-0.15, -0.1) is 0 Å². The Balaban J connectivity index is 0. The van der Waals surface area contributed by atoms with Gasteiger partial charge in [-0.25, -0.2) is 0 Å². The molecule has 32 heavy (non-hydrogen) atoms. The van der Waals surface area contributed by atoms with Gasteiger partial charge in [0.2, 0.25) is 0 Å². The van der Waals surface area contributed by atoms with Crippen molar-refractivity contribution >= 4 is 7.05 Å². The minimum atomic E-state index is -1.20. The van der Waals surface area contributed by atoms with Crippen molar-refractivity contribution in [2.75, 3.05) is 18.5 Å². The quantitative estimate of drug-likeness (QED) is 0.122. The molecule has 0 fully saturated rings. The summed E-state index contributed by atoms with van der Waals surface area (Å²) in [5.74, 6) is 2.46. The van der Waals surface area contributed by atoms with E-state index in [0.29, 0.717) is 0 Å². The zero-order valence-electron chi connectivity index (χ0n) is 22.6. The Morgan fingerprint density at radius 2 is 1.38 bits per heavy atom. The smallest absolute Gasteiger partial charge is 0.0425 e. The van der Waals surface area contributed by atoms with E-state index in [9.17, 15) is 0 Å². The van der Waals surface area contributed by atoms with Gasteiger partial charge in [-0.1, -0.05) is 105 Å². The SMILES string of the molecule is C=CC=CCC.CC(C)CCCP(CCCC(C)C)(CCCC(C)C)=NC1=CC=CC1.[Ti]. The number of hydrogen-bond donors (Lipinski definition) is 0. The van der Waals surface area contributed by atoms with Gasteiger partial charge in [-0.05, 0) is 75.1 Å². The van der Waals surface area contributed by atoms with Crippen molar-refractivity contribution in [1.82, 2.24) is 0 Å². The fraction of sp³-hybridized carbons (Fsp3) is 0.724. The van der Waals surface area contributed by atoms with Gasteiger partial charge in [0.25, 0.3) is 0 Å². The fourth-order valence-corrected chi connectivity index (χ4v) is 7.86. The van der Waals surface area contributed by atoms with Gasteiger partial charge in [-0.3, -0.25) is 4.74 Å². The molecule has 0 amide bonds. The molecular formula is C29H54NPTi. The standard InChI is InChI=1S/C23H44NP.C6H10.Ti/c1-20(2)12-9-17-25(18-10-13-21(3)4,19-11-14-22(5)6)24-23-15-7-8-16-23;1-3-5-6-4-2;/h7-8,15,20-22H,9-14,16-19H2,1-6H3;3,5-6H,1,4H2,2H3;. The number of rotatable bonds is 15. The summed E-state index contributed by atoms with van der Waals surface area (Å²) < 4.78 is 5.51. The van der Waals surface area contributed by atoms with Crippen LogP contribution < -0.4 is 0 Å². The first-order chi connectivity index (χ1) is 14.7. The first-order valence-corrected chi connectivity index (χ1v) is 15.3. The van der Waals surface area contributed by atoms with Crippen molar-refractivity contribution < 1.29 is 21.7 Å². The van der Waals surface area contributed by atoms with Gasteiger partial charge in [0, 0.05) is 33.8 Å². The Bertz CT molecular complexity index is 553. The third kappa shape index (κ3) is 19.4. The van der Waals surface area contributed by atoms with Gasteiger partial charge in [-0.2, -0.15) is 0 Å². The van der Waals surface area contributed by atoms with Gasteiger partial charge < -0.3 is 0 Å². The topological polar surface area (TPSA) is 12.4 Å². The predicted octanol–water partition coefficient (Wildman–Crippen LogP) is 10.5. The summed E-state index contributed by atoms with van der Waals surface area (Å²) in [6.07, 6.45) is 27.1. The van der Waals surface area contributed by atoms with Gasteiger partial charge in [0.15, 0.2) is 0 Å². The molecule has 0 N–H and O–H groups in total. The molecule has 1 aliphatic carbocycles. The second-order valence-electron chi connectivity index (χ2n) is 10.3. The Hall–Kier alpha value is -0.0957. The molecule has 0 radical (unpaired) electrons. The summed E-state index contributed by atoms with van der Waals surface area (Å²) in [7, 11) is -1.20. The predicted molar refractivity (Wildman–Crippen MR) is 148 cm³/mol.